The molecule has 4 nitrogen and oxygen atoms in total. The van der Waals surface area contributed by atoms with Gasteiger partial charge in [0.15, 0.2) is 0 Å². The number of hydrogen-bond acceptors (Lipinski definition) is 3. The minimum Gasteiger partial charge on any atom is -0.360 e. The Labute approximate surface area is 111 Å². The number of hydrogen-bond donors (Lipinski definition) is 1. The Bertz CT molecular complexity index is 472. The summed E-state index contributed by atoms with van der Waals surface area (Å²) in [5.74, 6) is -0.777. The third-order valence-corrected chi connectivity index (χ3v) is 3.30. The zero-order chi connectivity index (χ0) is 14.2. The van der Waals surface area contributed by atoms with E-state index >= 15 is 0 Å². The zero-order valence-electron chi connectivity index (χ0n) is 11.3. The fraction of sp³-hybridized carbons (Fsp3) is 0.500. The fourth-order valence-electron chi connectivity index (χ4n) is 2.27. The Kier molecular flexibility index (Phi) is 3.60. The number of carbonyl (C=O) groups is 1. The second kappa shape index (κ2) is 4.90. The van der Waals surface area contributed by atoms with Crippen LogP contribution in [0.5, 0.6) is 0 Å². The van der Waals surface area contributed by atoms with Crippen LogP contribution in [0.4, 0.5) is 4.39 Å². The third-order valence-electron chi connectivity index (χ3n) is 3.30. The van der Waals surface area contributed by atoms with Crippen molar-refractivity contribution in [3.63, 3.8) is 0 Å². The van der Waals surface area contributed by atoms with Gasteiger partial charge in [-0.25, -0.2) is 4.39 Å². The van der Waals surface area contributed by atoms with Crippen LogP contribution in [0.15, 0.2) is 24.3 Å². The zero-order valence-corrected chi connectivity index (χ0v) is 11.3. The predicted molar refractivity (Wildman–Crippen MR) is 67.7 cm³/mol. The standard InChI is InChI=1S/C14H18FNO3/c1-9(10-4-6-11(15)7-5-10)16-8-14(2,3)19-13(18)12(16)17/h4-7,9,13,18H,8H2,1-3H3. The number of aliphatic hydroxyl groups is 1. The van der Waals surface area contributed by atoms with Crippen LogP contribution in [0.25, 0.3) is 0 Å². The molecule has 1 aliphatic rings. The van der Waals surface area contributed by atoms with Gasteiger partial charge in [0.05, 0.1) is 18.2 Å². The summed E-state index contributed by atoms with van der Waals surface area (Å²) in [7, 11) is 0. The van der Waals surface area contributed by atoms with Crippen LogP contribution in [0.2, 0.25) is 0 Å². The van der Waals surface area contributed by atoms with Gasteiger partial charge in [-0.1, -0.05) is 12.1 Å². The molecule has 1 saturated heterocycles. The van der Waals surface area contributed by atoms with Gasteiger partial charge < -0.3 is 14.7 Å². The minimum atomic E-state index is -1.44. The molecule has 0 radical (unpaired) electrons. The molecule has 2 rings (SSSR count). The second-order valence-electron chi connectivity index (χ2n) is 5.42. The molecular formula is C14H18FNO3. The van der Waals surface area contributed by atoms with Gasteiger partial charge in [-0.05, 0) is 38.5 Å². The summed E-state index contributed by atoms with van der Waals surface area (Å²) >= 11 is 0. The molecule has 1 aliphatic heterocycles. The lowest BCUT2D eigenvalue weighted by Gasteiger charge is -2.43. The molecule has 19 heavy (non-hydrogen) atoms. The van der Waals surface area contributed by atoms with Crippen LogP contribution < -0.4 is 0 Å². The van der Waals surface area contributed by atoms with Crippen molar-refractivity contribution in [2.24, 2.45) is 0 Å². The van der Waals surface area contributed by atoms with E-state index in [9.17, 15) is 14.3 Å². The van der Waals surface area contributed by atoms with Crippen molar-refractivity contribution in [2.45, 2.75) is 38.7 Å². The van der Waals surface area contributed by atoms with Gasteiger partial charge in [0, 0.05) is 0 Å². The molecule has 1 aromatic rings. The van der Waals surface area contributed by atoms with Crippen LogP contribution in [0, 0.1) is 5.82 Å². The quantitative estimate of drug-likeness (QED) is 0.889. The van der Waals surface area contributed by atoms with Crippen molar-refractivity contribution < 1.29 is 19.0 Å². The summed E-state index contributed by atoms with van der Waals surface area (Å²) < 4.78 is 18.1. The van der Waals surface area contributed by atoms with Gasteiger partial charge in [0.25, 0.3) is 5.91 Å². The lowest BCUT2D eigenvalue weighted by molar-refractivity contribution is -0.223. The number of amides is 1. The lowest BCUT2D eigenvalue weighted by Crippen LogP contribution is -2.56. The van der Waals surface area contributed by atoms with E-state index in [-0.39, 0.29) is 11.9 Å². The van der Waals surface area contributed by atoms with Crippen molar-refractivity contribution in [1.82, 2.24) is 4.90 Å². The number of rotatable bonds is 2. The van der Waals surface area contributed by atoms with E-state index in [1.807, 2.05) is 20.8 Å². The normalized spacial score (nSPS) is 24.4. The Morgan fingerprint density at radius 3 is 2.58 bits per heavy atom. The maximum absolute atomic E-state index is 12.9. The molecule has 0 bridgehead atoms. The van der Waals surface area contributed by atoms with Gasteiger partial charge in [-0.15, -0.1) is 0 Å². The van der Waals surface area contributed by atoms with Crippen molar-refractivity contribution in [3.8, 4) is 0 Å². The summed E-state index contributed by atoms with van der Waals surface area (Å²) in [5.41, 5.74) is 0.210. The smallest absolute Gasteiger partial charge is 0.279 e. The number of halogens is 1. The SMILES string of the molecule is CC(c1ccc(F)cc1)N1CC(C)(C)OC(O)C1=O. The van der Waals surface area contributed by atoms with E-state index in [4.69, 9.17) is 4.74 Å². The molecule has 0 saturated carbocycles. The molecule has 104 valence electrons. The number of ether oxygens (including phenoxy) is 1. The highest BCUT2D eigenvalue weighted by molar-refractivity contribution is 5.80. The second-order valence-corrected chi connectivity index (χ2v) is 5.42. The fourth-order valence-corrected chi connectivity index (χ4v) is 2.27. The summed E-state index contributed by atoms with van der Waals surface area (Å²) in [6.07, 6.45) is -1.44. The molecule has 1 amide bonds. The largest absolute Gasteiger partial charge is 0.360 e. The van der Waals surface area contributed by atoms with E-state index in [1.165, 1.54) is 12.1 Å². The van der Waals surface area contributed by atoms with Gasteiger partial charge in [0.1, 0.15) is 5.82 Å². The Balaban J connectivity index is 2.23. The number of aliphatic hydroxyl groups excluding tert-OH is 1. The lowest BCUT2D eigenvalue weighted by atomic mass is 10.0. The number of carbonyl (C=O) groups excluding carboxylic acids is 1. The third kappa shape index (κ3) is 2.93. The predicted octanol–water partition coefficient (Wildman–Crippen LogP) is 1.84. The van der Waals surface area contributed by atoms with E-state index in [2.05, 4.69) is 0 Å². The average molecular weight is 267 g/mol. The molecule has 1 aromatic carbocycles. The highest BCUT2D eigenvalue weighted by Gasteiger charge is 2.40. The Morgan fingerprint density at radius 1 is 1.42 bits per heavy atom. The van der Waals surface area contributed by atoms with Gasteiger partial charge >= 0.3 is 0 Å². The number of benzene rings is 1. The number of morpholine rings is 1. The first-order valence-electron chi connectivity index (χ1n) is 6.22. The van der Waals surface area contributed by atoms with Crippen molar-refractivity contribution in [1.29, 1.82) is 0 Å². The minimum absolute atomic E-state index is 0.245. The molecule has 2 unspecified atom stereocenters. The van der Waals surface area contributed by atoms with Crippen LogP contribution in [0.3, 0.4) is 0 Å². The van der Waals surface area contributed by atoms with Crippen LogP contribution in [0.1, 0.15) is 32.4 Å². The van der Waals surface area contributed by atoms with Gasteiger partial charge in [-0.3, -0.25) is 4.79 Å². The summed E-state index contributed by atoms with van der Waals surface area (Å²) in [5, 5.41) is 9.65. The first-order chi connectivity index (χ1) is 8.80. The molecule has 0 aliphatic carbocycles. The summed E-state index contributed by atoms with van der Waals surface area (Å²) in [4.78, 5) is 13.5. The molecule has 1 heterocycles. The van der Waals surface area contributed by atoms with Crippen molar-refractivity contribution >= 4 is 5.91 Å². The summed E-state index contributed by atoms with van der Waals surface area (Å²) in [6, 6.07) is 5.76. The first-order valence-corrected chi connectivity index (χ1v) is 6.22. The van der Waals surface area contributed by atoms with Crippen LogP contribution in [-0.4, -0.2) is 34.3 Å². The first kappa shape index (κ1) is 14.0. The molecule has 1 N–H and O–H groups in total. The average Bonchev–Trinajstić information content (AvgIpc) is 2.33. The van der Waals surface area contributed by atoms with E-state index in [1.54, 1.807) is 17.0 Å². The molecule has 0 spiro atoms. The van der Waals surface area contributed by atoms with Crippen LogP contribution >= 0.6 is 0 Å². The van der Waals surface area contributed by atoms with E-state index in [0.29, 0.717) is 6.54 Å². The highest BCUT2D eigenvalue weighted by Crippen LogP contribution is 2.29. The van der Waals surface area contributed by atoms with Gasteiger partial charge in [0.2, 0.25) is 6.29 Å². The molecular weight excluding hydrogens is 249 g/mol. The maximum atomic E-state index is 12.9. The van der Waals surface area contributed by atoms with Gasteiger partial charge in [-0.2, -0.15) is 0 Å². The molecule has 2 atom stereocenters. The van der Waals surface area contributed by atoms with Crippen LogP contribution in [-0.2, 0) is 9.53 Å². The maximum Gasteiger partial charge on any atom is 0.279 e. The number of nitrogens with zero attached hydrogens (tertiary/aromatic N) is 1. The molecule has 5 heteroatoms. The van der Waals surface area contributed by atoms with E-state index in [0.717, 1.165) is 5.56 Å². The van der Waals surface area contributed by atoms with Crippen molar-refractivity contribution in [2.75, 3.05) is 6.54 Å². The Hall–Kier alpha value is -1.46. The topological polar surface area (TPSA) is 49.8 Å². The molecule has 0 aromatic heterocycles. The Morgan fingerprint density at radius 2 is 2.00 bits per heavy atom. The van der Waals surface area contributed by atoms with E-state index < -0.39 is 17.8 Å². The highest BCUT2D eigenvalue weighted by atomic mass is 19.1. The monoisotopic (exact) mass is 267 g/mol. The molecule has 1 fully saturated rings. The summed E-state index contributed by atoms with van der Waals surface area (Å²) in [6.45, 7) is 5.85. The van der Waals surface area contributed by atoms with Crippen molar-refractivity contribution in [3.05, 3.63) is 35.6 Å².